The number of aromatic nitrogens is 1. The smallest absolute Gasteiger partial charge is 0.320 e. The van der Waals surface area contributed by atoms with E-state index in [1.54, 1.807) is 12.3 Å². The van der Waals surface area contributed by atoms with Gasteiger partial charge in [-0.15, -0.1) is 0 Å². The largest absolute Gasteiger partial charge is 0.332 e. The molecule has 1 aromatic carbocycles. The number of aryl methyl sites for hydroxylation is 1. The van der Waals surface area contributed by atoms with Gasteiger partial charge in [-0.2, -0.15) is 8.42 Å². The van der Waals surface area contributed by atoms with Crippen LogP contribution in [0.1, 0.15) is 12.0 Å². The van der Waals surface area contributed by atoms with Crippen LogP contribution in [0.25, 0.3) is 0 Å². The highest BCUT2D eigenvalue weighted by atomic mass is 32.2. The van der Waals surface area contributed by atoms with Gasteiger partial charge in [-0.25, -0.2) is 9.29 Å². The summed E-state index contributed by atoms with van der Waals surface area (Å²) in [6, 6.07) is 10.9. The van der Waals surface area contributed by atoms with Crippen molar-refractivity contribution in [2.24, 2.45) is 0 Å². The molecule has 1 aliphatic rings. The van der Waals surface area contributed by atoms with Gasteiger partial charge in [0, 0.05) is 12.7 Å². The van der Waals surface area contributed by atoms with E-state index in [4.69, 9.17) is 0 Å². The topological polar surface area (TPSA) is 65.5 Å². The van der Waals surface area contributed by atoms with Crippen molar-refractivity contribution in [3.63, 3.8) is 0 Å². The summed E-state index contributed by atoms with van der Waals surface area (Å²) in [4.78, 5) is 4.29. The molecule has 0 radical (unpaired) electrons. The van der Waals surface area contributed by atoms with Crippen molar-refractivity contribution in [2.75, 3.05) is 28.7 Å². The number of fused-ring (bicyclic) bond motifs is 1. The van der Waals surface area contributed by atoms with Crippen molar-refractivity contribution in [1.82, 2.24) is 10.3 Å². The van der Waals surface area contributed by atoms with Gasteiger partial charge < -0.3 is 5.32 Å². The van der Waals surface area contributed by atoms with Gasteiger partial charge in [0.15, 0.2) is 0 Å². The third-order valence-electron chi connectivity index (χ3n) is 3.77. The third kappa shape index (κ3) is 2.77. The van der Waals surface area contributed by atoms with Crippen LogP contribution in [0.4, 0.5) is 17.2 Å². The molecule has 0 saturated heterocycles. The Hall–Kier alpha value is -2.12. The van der Waals surface area contributed by atoms with Crippen LogP contribution in [0.3, 0.4) is 0 Å². The molecule has 1 aromatic heterocycles. The van der Waals surface area contributed by atoms with Crippen LogP contribution >= 0.6 is 0 Å². The quantitative estimate of drug-likeness (QED) is 0.853. The van der Waals surface area contributed by atoms with Crippen LogP contribution < -0.4 is 13.9 Å². The second kappa shape index (κ2) is 6.17. The number of benzene rings is 1. The van der Waals surface area contributed by atoms with Crippen LogP contribution in [-0.2, 0) is 10.2 Å². The van der Waals surface area contributed by atoms with Crippen molar-refractivity contribution in [3.8, 4) is 0 Å². The third-order valence-corrected chi connectivity index (χ3v) is 5.55. The summed E-state index contributed by atoms with van der Waals surface area (Å²) in [5, 5.41) is 3.04. The molecule has 6 nitrogen and oxygen atoms in total. The van der Waals surface area contributed by atoms with Gasteiger partial charge in [-0.05, 0) is 50.7 Å². The van der Waals surface area contributed by atoms with Crippen molar-refractivity contribution in [2.45, 2.75) is 13.3 Å². The molecule has 1 N–H and O–H groups in total. The average Bonchev–Trinajstić information content (AvgIpc) is 2.76. The molecule has 2 aromatic rings. The van der Waals surface area contributed by atoms with Gasteiger partial charge in [0.25, 0.3) is 0 Å². The second-order valence-electron chi connectivity index (χ2n) is 5.48. The summed E-state index contributed by atoms with van der Waals surface area (Å²) in [5.41, 5.74) is 2.34. The Labute approximate surface area is 136 Å². The van der Waals surface area contributed by atoms with Crippen LogP contribution in [0.2, 0.25) is 0 Å². The molecule has 0 unspecified atom stereocenters. The van der Waals surface area contributed by atoms with Crippen molar-refractivity contribution >= 4 is 27.4 Å². The van der Waals surface area contributed by atoms with Gasteiger partial charge in [0.1, 0.15) is 5.82 Å². The number of para-hydroxylation sites is 2. The Bertz CT molecular complexity index is 790. The molecule has 2 heterocycles. The van der Waals surface area contributed by atoms with Crippen LogP contribution in [0, 0.1) is 6.92 Å². The Morgan fingerprint density at radius 3 is 2.52 bits per heavy atom. The molecular weight excluding hydrogens is 312 g/mol. The maximum absolute atomic E-state index is 13.0. The Morgan fingerprint density at radius 1 is 1.13 bits per heavy atom. The molecular formula is C16H20N4O2S. The number of anilines is 3. The highest BCUT2D eigenvalue weighted by molar-refractivity contribution is 7.95. The molecule has 1 aliphatic heterocycles. The average molecular weight is 332 g/mol. The lowest BCUT2D eigenvalue weighted by Crippen LogP contribution is -2.37. The van der Waals surface area contributed by atoms with Crippen molar-refractivity contribution < 1.29 is 8.42 Å². The fourth-order valence-corrected chi connectivity index (χ4v) is 4.36. The van der Waals surface area contributed by atoms with Crippen molar-refractivity contribution in [1.29, 1.82) is 0 Å². The lowest BCUT2D eigenvalue weighted by Gasteiger charge is -2.21. The Morgan fingerprint density at radius 2 is 1.87 bits per heavy atom. The van der Waals surface area contributed by atoms with E-state index in [0.29, 0.717) is 23.7 Å². The number of nitrogens with one attached hydrogen (secondary N) is 1. The minimum Gasteiger partial charge on any atom is -0.320 e. The molecule has 7 heteroatoms. The monoisotopic (exact) mass is 332 g/mol. The molecule has 0 aliphatic carbocycles. The minimum absolute atomic E-state index is 0.416. The predicted molar refractivity (Wildman–Crippen MR) is 92.4 cm³/mol. The molecule has 0 spiro atoms. The van der Waals surface area contributed by atoms with E-state index in [1.165, 1.54) is 8.61 Å². The predicted octanol–water partition coefficient (Wildman–Crippen LogP) is 2.20. The fourth-order valence-electron chi connectivity index (χ4n) is 2.65. The molecule has 0 fully saturated rings. The number of hydrogen-bond acceptors (Lipinski definition) is 4. The van der Waals surface area contributed by atoms with Crippen LogP contribution in [0.15, 0.2) is 42.6 Å². The lowest BCUT2D eigenvalue weighted by atomic mass is 10.2. The van der Waals surface area contributed by atoms with Crippen LogP contribution in [-0.4, -0.2) is 33.5 Å². The highest BCUT2D eigenvalue weighted by Gasteiger charge is 2.41. The molecule has 0 bridgehead atoms. The van der Waals surface area contributed by atoms with Gasteiger partial charge in [-0.3, -0.25) is 4.31 Å². The maximum Gasteiger partial charge on any atom is 0.332 e. The minimum atomic E-state index is -3.66. The number of pyridine rings is 1. The number of nitrogens with zero attached hydrogens (tertiary/aromatic N) is 3. The van der Waals surface area contributed by atoms with Gasteiger partial charge >= 0.3 is 10.2 Å². The summed E-state index contributed by atoms with van der Waals surface area (Å²) in [5.74, 6) is 0.416. The van der Waals surface area contributed by atoms with Gasteiger partial charge in [-0.1, -0.05) is 18.2 Å². The standard InChI is InChI=1S/C16H20N4O2S/c1-13-8-9-16(18-12-13)20-15-7-4-3-6-14(15)19(23(20,21)22)11-5-10-17-2/h3-4,6-9,12,17H,5,10-11H2,1-2H3. The zero-order chi connectivity index (χ0) is 16.4. The van der Waals surface area contributed by atoms with Gasteiger partial charge in [0.2, 0.25) is 0 Å². The maximum atomic E-state index is 13.0. The highest BCUT2D eigenvalue weighted by Crippen LogP contribution is 2.44. The molecule has 0 saturated carbocycles. The first-order valence-corrected chi connectivity index (χ1v) is 8.94. The zero-order valence-corrected chi connectivity index (χ0v) is 14.0. The summed E-state index contributed by atoms with van der Waals surface area (Å²) in [6.45, 7) is 3.12. The fraction of sp³-hybridized carbons (Fsp3) is 0.312. The molecule has 3 rings (SSSR count). The van der Waals surface area contributed by atoms with E-state index < -0.39 is 10.2 Å². The van der Waals surface area contributed by atoms with E-state index in [0.717, 1.165) is 18.5 Å². The van der Waals surface area contributed by atoms with E-state index in [1.807, 2.05) is 44.3 Å². The molecule has 122 valence electrons. The zero-order valence-electron chi connectivity index (χ0n) is 13.2. The molecule has 23 heavy (non-hydrogen) atoms. The first-order valence-electron chi connectivity index (χ1n) is 7.55. The SMILES string of the molecule is CNCCCN1c2ccccc2N(c2ccc(C)cn2)S1(=O)=O. The summed E-state index contributed by atoms with van der Waals surface area (Å²) < 4.78 is 28.8. The number of hydrogen-bond donors (Lipinski definition) is 1. The lowest BCUT2D eigenvalue weighted by molar-refractivity contribution is 0.591. The Balaban J connectivity index is 2.05. The normalized spacial score (nSPS) is 15.7. The van der Waals surface area contributed by atoms with E-state index >= 15 is 0 Å². The molecule has 0 atom stereocenters. The first kappa shape index (κ1) is 15.8. The Kier molecular flexibility index (Phi) is 4.23. The second-order valence-corrected chi connectivity index (χ2v) is 7.19. The van der Waals surface area contributed by atoms with Crippen LogP contribution in [0.5, 0.6) is 0 Å². The molecule has 0 amide bonds. The van der Waals surface area contributed by atoms with Crippen molar-refractivity contribution in [3.05, 3.63) is 48.2 Å². The van der Waals surface area contributed by atoms with E-state index in [-0.39, 0.29) is 0 Å². The summed E-state index contributed by atoms with van der Waals surface area (Å²) in [6.07, 6.45) is 2.41. The van der Waals surface area contributed by atoms with E-state index in [9.17, 15) is 8.42 Å². The summed E-state index contributed by atoms with van der Waals surface area (Å²) >= 11 is 0. The van der Waals surface area contributed by atoms with E-state index in [2.05, 4.69) is 10.3 Å². The first-order chi connectivity index (χ1) is 11.1. The number of rotatable bonds is 5. The van der Waals surface area contributed by atoms with Gasteiger partial charge in [0.05, 0.1) is 11.4 Å². The summed E-state index contributed by atoms with van der Waals surface area (Å²) in [7, 11) is -1.80.